The van der Waals surface area contributed by atoms with Gasteiger partial charge in [-0.3, -0.25) is 4.79 Å². The molecule has 0 radical (unpaired) electrons. The van der Waals surface area contributed by atoms with Crippen LogP contribution in [0.3, 0.4) is 0 Å². The third-order valence-electron chi connectivity index (χ3n) is 3.48. The summed E-state index contributed by atoms with van der Waals surface area (Å²) >= 11 is 5.95. The smallest absolute Gasteiger partial charge is 0.226 e. The molecule has 5 heteroatoms. The summed E-state index contributed by atoms with van der Waals surface area (Å²) in [5.41, 5.74) is 2.88. The molecule has 2 N–H and O–H groups in total. The molecule has 2 rings (SSSR count). The predicted octanol–water partition coefficient (Wildman–Crippen LogP) is 4.35. The van der Waals surface area contributed by atoms with Crippen LogP contribution in [0.15, 0.2) is 42.5 Å². The first-order valence-electron chi connectivity index (χ1n) is 7.58. The molecule has 0 saturated carbocycles. The van der Waals surface area contributed by atoms with E-state index in [0.29, 0.717) is 29.4 Å². The molecule has 4 nitrogen and oxygen atoms in total. The maximum atomic E-state index is 12.0. The second-order valence-corrected chi connectivity index (χ2v) is 5.56. The molecule has 0 aromatic heterocycles. The van der Waals surface area contributed by atoms with E-state index in [4.69, 9.17) is 16.3 Å². The number of hydrogen-bond acceptors (Lipinski definition) is 3. The van der Waals surface area contributed by atoms with Crippen molar-refractivity contribution in [2.45, 2.75) is 19.8 Å². The summed E-state index contributed by atoms with van der Waals surface area (Å²) in [6.45, 7) is 2.68. The molecule has 0 fully saturated rings. The summed E-state index contributed by atoms with van der Waals surface area (Å²) in [5, 5.41) is 6.60. The van der Waals surface area contributed by atoms with E-state index in [-0.39, 0.29) is 5.91 Å². The summed E-state index contributed by atoms with van der Waals surface area (Å²) < 4.78 is 5.21. The van der Waals surface area contributed by atoms with Crippen molar-refractivity contribution in [2.75, 3.05) is 24.3 Å². The van der Waals surface area contributed by atoms with Gasteiger partial charge in [0, 0.05) is 23.7 Å². The van der Waals surface area contributed by atoms with Gasteiger partial charge in [0.05, 0.1) is 12.8 Å². The fraction of sp³-hybridized carbons (Fsp3) is 0.278. The Morgan fingerprint density at radius 2 is 1.91 bits per heavy atom. The molecule has 0 atom stereocenters. The van der Waals surface area contributed by atoms with Crippen molar-refractivity contribution in [1.82, 2.24) is 0 Å². The van der Waals surface area contributed by atoms with Crippen LogP contribution >= 0.6 is 11.6 Å². The number of benzene rings is 2. The van der Waals surface area contributed by atoms with Gasteiger partial charge in [0.2, 0.25) is 5.91 Å². The van der Waals surface area contributed by atoms with Crippen molar-refractivity contribution in [1.29, 1.82) is 0 Å². The number of amides is 1. The first-order valence-corrected chi connectivity index (χ1v) is 7.96. The molecule has 2 aromatic carbocycles. The zero-order valence-corrected chi connectivity index (χ0v) is 14.1. The Balaban J connectivity index is 1.84. The number of nitrogens with one attached hydrogen (secondary N) is 2. The number of rotatable bonds is 7. The summed E-state index contributed by atoms with van der Waals surface area (Å²) in [7, 11) is 1.56. The SMILES string of the molecule is CCc1ccc(NCCC(=O)Nc2cc(Cl)ccc2OC)cc1. The highest BCUT2D eigenvalue weighted by Crippen LogP contribution is 2.27. The topological polar surface area (TPSA) is 50.4 Å². The van der Waals surface area contributed by atoms with Crippen molar-refractivity contribution in [3.8, 4) is 5.75 Å². The summed E-state index contributed by atoms with van der Waals surface area (Å²) in [4.78, 5) is 12.0. The zero-order valence-electron chi connectivity index (χ0n) is 13.4. The average Bonchev–Trinajstić information content (AvgIpc) is 2.56. The van der Waals surface area contributed by atoms with Crippen molar-refractivity contribution in [2.24, 2.45) is 0 Å². The molecular weight excluding hydrogens is 312 g/mol. The summed E-state index contributed by atoms with van der Waals surface area (Å²) in [5.74, 6) is 0.495. The van der Waals surface area contributed by atoms with E-state index in [9.17, 15) is 4.79 Å². The van der Waals surface area contributed by atoms with E-state index in [0.717, 1.165) is 12.1 Å². The average molecular weight is 333 g/mol. The second kappa shape index (κ2) is 8.44. The highest BCUT2D eigenvalue weighted by Gasteiger charge is 2.08. The molecule has 1 amide bonds. The minimum absolute atomic E-state index is 0.0942. The Morgan fingerprint density at radius 1 is 1.17 bits per heavy atom. The molecule has 122 valence electrons. The monoisotopic (exact) mass is 332 g/mol. The molecule has 0 spiro atoms. The van der Waals surface area contributed by atoms with E-state index in [1.54, 1.807) is 25.3 Å². The Morgan fingerprint density at radius 3 is 2.57 bits per heavy atom. The van der Waals surface area contributed by atoms with Crippen LogP contribution in [0, 0.1) is 0 Å². The second-order valence-electron chi connectivity index (χ2n) is 5.12. The molecule has 0 aliphatic carbocycles. The molecular formula is C18H21ClN2O2. The molecule has 0 aliphatic rings. The number of halogens is 1. The lowest BCUT2D eigenvalue weighted by atomic mass is 10.1. The van der Waals surface area contributed by atoms with Gasteiger partial charge < -0.3 is 15.4 Å². The molecule has 2 aromatic rings. The summed E-state index contributed by atoms with van der Waals surface area (Å²) in [6, 6.07) is 13.3. The van der Waals surface area contributed by atoms with Gasteiger partial charge in [-0.1, -0.05) is 30.7 Å². The molecule has 23 heavy (non-hydrogen) atoms. The number of carbonyl (C=O) groups is 1. The van der Waals surface area contributed by atoms with Crippen LogP contribution in [0.2, 0.25) is 5.02 Å². The van der Waals surface area contributed by atoms with Crippen LogP contribution in [0.5, 0.6) is 5.75 Å². The van der Waals surface area contributed by atoms with Gasteiger partial charge in [0.25, 0.3) is 0 Å². The van der Waals surface area contributed by atoms with Crippen LogP contribution in [0.1, 0.15) is 18.9 Å². The van der Waals surface area contributed by atoms with Crippen LogP contribution in [0.25, 0.3) is 0 Å². The van der Waals surface area contributed by atoms with Gasteiger partial charge in [-0.25, -0.2) is 0 Å². The third-order valence-corrected chi connectivity index (χ3v) is 3.71. The fourth-order valence-electron chi connectivity index (χ4n) is 2.17. The first-order chi connectivity index (χ1) is 11.1. The Bertz CT molecular complexity index is 657. The highest BCUT2D eigenvalue weighted by atomic mass is 35.5. The Hall–Kier alpha value is -2.20. The van der Waals surface area contributed by atoms with Gasteiger partial charge in [-0.2, -0.15) is 0 Å². The lowest BCUT2D eigenvalue weighted by Crippen LogP contribution is -2.16. The molecule has 0 unspecified atom stereocenters. The van der Waals surface area contributed by atoms with E-state index in [2.05, 4.69) is 29.7 Å². The largest absolute Gasteiger partial charge is 0.495 e. The lowest BCUT2D eigenvalue weighted by Gasteiger charge is -2.11. The number of anilines is 2. The van der Waals surface area contributed by atoms with Crippen LogP contribution in [-0.2, 0) is 11.2 Å². The Kier molecular flexibility index (Phi) is 6.29. The van der Waals surface area contributed by atoms with Crippen molar-refractivity contribution in [3.05, 3.63) is 53.1 Å². The maximum absolute atomic E-state index is 12.0. The first kappa shape index (κ1) is 17.2. The minimum Gasteiger partial charge on any atom is -0.495 e. The molecule has 0 aliphatic heterocycles. The zero-order chi connectivity index (χ0) is 16.7. The number of hydrogen-bond donors (Lipinski definition) is 2. The van der Waals surface area contributed by atoms with E-state index in [1.165, 1.54) is 5.56 Å². The number of aryl methyl sites for hydroxylation is 1. The van der Waals surface area contributed by atoms with Gasteiger partial charge >= 0.3 is 0 Å². The highest BCUT2D eigenvalue weighted by molar-refractivity contribution is 6.31. The number of ether oxygens (including phenoxy) is 1. The van der Waals surface area contributed by atoms with Crippen molar-refractivity contribution >= 4 is 28.9 Å². The minimum atomic E-state index is -0.0942. The number of carbonyl (C=O) groups excluding carboxylic acids is 1. The predicted molar refractivity (Wildman–Crippen MR) is 95.6 cm³/mol. The van der Waals surface area contributed by atoms with Crippen molar-refractivity contribution in [3.63, 3.8) is 0 Å². The van der Waals surface area contributed by atoms with E-state index < -0.39 is 0 Å². The quantitative estimate of drug-likeness (QED) is 0.792. The van der Waals surface area contributed by atoms with Gasteiger partial charge in [0.15, 0.2) is 0 Å². The van der Waals surface area contributed by atoms with Crippen LogP contribution < -0.4 is 15.4 Å². The van der Waals surface area contributed by atoms with Gasteiger partial charge in [0.1, 0.15) is 5.75 Å². The maximum Gasteiger partial charge on any atom is 0.226 e. The third kappa shape index (κ3) is 5.18. The van der Waals surface area contributed by atoms with Gasteiger partial charge in [-0.05, 0) is 42.3 Å². The van der Waals surface area contributed by atoms with Gasteiger partial charge in [-0.15, -0.1) is 0 Å². The normalized spacial score (nSPS) is 10.2. The molecule has 0 heterocycles. The summed E-state index contributed by atoms with van der Waals surface area (Å²) in [6.07, 6.45) is 1.37. The standard InChI is InChI=1S/C18H21ClN2O2/c1-3-13-4-7-15(8-5-13)20-11-10-18(22)21-16-12-14(19)6-9-17(16)23-2/h4-9,12,20H,3,10-11H2,1-2H3,(H,21,22). The number of methoxy groups -OCH3 is 1. The van der Waals surface area contributed by atoms with Crippen LogP contribution in [0.4, 0.5) is 11.4 Å². The molecule has 0 bridgehead atoms. The van der Waals surface area contributed by atoms with Crippen LogP contribution in [-0.4, -0.2) is 19.6 Å². The Labute approximate surface area is 141 Å². The molecule has 0 saturated heterocycles. The van der Waals surface area contributed by atoms with E-state index >= 15 is 0 Å². The van der Waals surface area contributed by atoms with Crippen molar-refractivity contribution < 1.29 is 9.53 Å². The van der Waals surface area contributed by atoms with E-state index in [1.807, 2.05) is 12.1 Å². The lowest BCUT2D eigenvalue weighted by molar-refractivity contribution is -0.115. The fourth-order valence-corrected chi connectivity index (χ4v) is 2.34.